The Kier molecular flexibility index (Phi) is 4.07. The molecule has 1 aromatic carbocycles. The molecule has 1 aliphatic rings. The summed E-state index contributed by atoms with van der Waals surface area (Å²) in [6.07, 6.45) is 0.808. The second-order valence-corrected chi connectivity index (χ2v) is 7.62. The summed E-state index contributed by atoms with van der Waals surface area (Å²) in [4.78, 5) is 0. The zero-order valence-electron chi connectivity index (χ0n) is 11.1. The van der Waals surface area contributed by atoms with Crippen LogP contribution >= 0.6 is 0 Å². The Labute approximate surface area is 110 Å². The minimum atomic E-state index is -2.74. The van der Waals surface area contributed by atoms with Gasteiger partial charge in [0.2, 0.25) is 0 Å². The van der Waals surface area contributed by atoms with Crippen molar-refractivity contribution in [2.45, 2.75) is 26.8 Å². The van der Waals surface area contributed by atoms with Crippen molar-refractivity contribution >= 4 is 9.84 Å². The highest BCUT2D eigenvalue weighted by Gasteiger charge is 2.27. The van der Waals surface area contributed by atoms with E-state index in [0.717, 1.165) is 19.5 Å². The first-order valence-corrected chi connectivity index (χ1v) is 8.25. The zero-order valence-corrected chi connectivity index (χ0v) is 11.9. The van der Waals surface area contributed by atoms with Gasteiger partial charge < -0.3 is 5.32 Å². The number of hydrogen-bond acceptors (Lipinski definition) is 3. The van der Waals surface area contributed by atoms with Crippen molar-refractivity contribution in [1.29, 1.82) is 0 Å². The Balaban J connectivity index is 1.82. The molecule has 1 aliphatic heterocycles. The van der Waals surface area contributed by atoms with Crippen LogP contribution in [0.3, 0.4) is 0 Å². The van der Waals surface area contributed by atoms with Crippen molar-refractivity contribution in [3.05, 3.63) is 34.9 Å². The van der Waals surface area contributed by atoms with E-state index >= 15 is 0 Å². The van der Waals surface area contributed by atoms with E-state index in [4.69, 9.17) is 0 Å². The lowest BCUT2D eigenvalue weighted by Gasteiger charge is -2.10. The average Bonchev–Trinajstić information content (AvgIpc) is 2.57. The largest absolute Gasteiger partial charge is 0.312 e. The second kappa shape index (κ2) is 5.41. The third-order valence-corrected chi connectivity index (χ3v) is 5.21. The molecule has 0 bridgehead atoms. The maximum Gasteiger partial charge on any atom is 0.150 e. The number of nitrogens with one attached hydrogen (secondary N) is 1. The Morgan fingerprint density at radius 2 is 1.89 bits per heavy atom. The van der Waals surface area contributed by atoms with E-state index in [9.17, 15) is 8.42 Å². The molecule has 100 valence electrons. The Morgan fingerprint density at radius 1 is 1.22 bits per heavy atom. The zero-order chi connectivity index (χ0) is 13.2. The van der Waals surface area contributed by atoms with Crippen LogP contribution in [0.15, 0.2) is 18.2 Å². The molecule has 1 saturated heterocycles. The first-order valence-electron chi connectivity index (χ1n) is 6.43. The summed E-state index contributed by atoms with van der Waals surface area (Å²) in [7, 11) is -2.74. The maximum atomic E-state index is 11.3. The monoisotopic (exact) mass is 267 g/mol. The van der Waals surface area contributed by atoms with Crippen molar-refractivity contribution in [3.8, 4) is 0 Å². The van der Waals surface area contributed by atoms with E-state index in [0.29, 0.717) is 17.4 Å². The smallest absolute Gasteiger partial charge is 0.150 e. The lowest BCUT2D eigenvalue weighted by atomic mass is 10.1. The van der Waals surface area contributed by atoms with Crippen LogP contribution in [0.5, 0.6) is 0 Å². The van der Waals surface area contributed by atoms with E-state index in [2.05, 4.69) is 37.4 Å². The molecule has 1 heterocycles. The molecular weight excluding hydrogens is 246 g/mol. The van der Waals surface area contributed by atoms with E-state index in [1.165, 1.54) is 16.7 Å². The van der Waals surface area contributed by atoms with Crippen LogP contribution in [-0.2, 0) is 16.4 Å². The third kappa shape index (κ3) is 3.82. The average molecular weight is 267 g/mol. The number of benzene rings is 1. The van der Waals surface area contributed by atoms with E-state index in [-0.39, 0.29) is 0 Å². The van der Waals surface area contributed by atoms with Crippen LogP contribution in [0.4, 0.5) is 0 Å². The lowest BCUT2D eigenvalue weighted by molar-refractivity contribution is 0.520. The maximum absolute atomic E-state index is 11.3. The Hall–Kier alpha value is -0.870. The normalized spacial score (nSPS) is 22.2. The number of sulfone groups is 1. The van der Waals surface area contributed by atoms with Gasteiger partial charge >= 0.3 is 0 Å². The van der Waals surface area contributed by atoms with Gasteiger partial charge in [0.15, 0.2) is 9.84 Å². The molecule has 1 fully saturated rings. The lowest BCUT2D eigenvalue weighted by Crippen LogP contribution is -2.23. The summed E-state index contributed by atoms with van der Waals surface area (Å²) < 4.78 is 22.7. The predicted octanol–water partition coefficient (Wildman–Crippen LogP) is 1.83. The number of aryl methyl sites for hydroxylation is 2. The fourth-order valence-corrected chi connectivity index (χ4v) is 4.49. The van der Waals surface area contributed by atoms with Crippen molar-refractivity contribution in [1.82, 2.24) is 5.32 Å². The SMILES string of the molecule is Cc1cc(C)cc(CNCC2CCS(=O)(=O)C2)c1. The molecule has 0 saturated carbocycles. The molecule has 1 unspecified atom stereocenters. The highest BCUT2D eigenvalue weighted by atomic mass is 32.2. The van der Waals surface area contributed by atoms with Gasteiger partial charge in [-0.1, -0.05) is 29.3 Å². The number of hydrogen-bond donors (Lipinski definition) is 1. The Bertz CT molecular complexity index is 502. The molecule has 1 N–H and O–H groups in total. The van der Waals surface area contributed by atoms with Crippen LogP contribution < -0.4 is 5.32 Å². The summed E-state index contributed by atoms with van der Waals surface area (Å²) in [5.74, 6) is 1.01. The molecule has 0 radical (unpaired) electrons. The standard InChI is InChI=1S/C14H21NO2S/c1-11-5-12(2)7-14(6-11)9-15-8-13-3-4-18(16,17)10-13/h5-7,13,15H,3-4,8-10H2,1-2H3. The summed E-state index contributed by atoms with van der Waals surface area (Å²) in [6.45, 7) is 5.81. The van der Waals surface area contributed by atoms with Crippen LogP contribution in [0.1, 0.15) is 23.1 Å². The van der Waals surface area contributed by atoms with Gasteiger partial charge in [-0.2, -0.15) is 0 Å². The summed E-state index contributed by atoms with van der Waals surface area (Å²) in [5, 5.41) is 3.37. The van der Waals surface area contributed by atoms with Gasteiger partial charge in [-0.25, -0.2) is 8.42 Å². The van der Waals surface area contributed by atoms with Gasteiger partial charge in [0, 0.05) is 6.54 Å². The summed E-state index contributed by atoms with van der Waals surface area (Å²) in [5.41, 5.74) is 3.82. The van der Waals surface area contributed by atoms with Crippen molar-refractivity contribution in [2.75, 3.05) is 18.1 Å². The third-order valence-electron chi connectivity index (χ3n) is 3.37. The molecular formula is C14H21NO2S. The highest BCUT2D eigenvalue weighted by molar-refractivity contribution is 7.91. The van der Waals surface area contributed by atoms with Gasteiger partial charge in [0.1, 0.15) is 0 Å². The molecule has 0 spiro atoms. The van der Waals surface area contributed by atoms with E-state index < -0.39 is 9.84 Å². The molecule has 0 amide bonds. The quantitative estimate of drug-likeness (QED) is 0.905. The van der Waals surface area contributed by atoms with Gasteiger partial charge in [-0.3, -0.25) is 0 Å². The van der Waals surface area contributed by atoms with Crippen molar-refractivity contribution in [3.63, 3.8) is 0 Å². The van der Waals surface area contributed by atoms with Crippen molar-refractivity contribution < 1.29 is 8.42 Å². The predicted molar refractivity (Wildman–Crippen MR) is 74.4 cm³/mol. The second-order valence-electron chi connectivity index (χ2n) is 5.40. The molecule has 0 aromatic heterocycles. The van der Waals surface area contributed by atoms with E-state index in [1.54, 1.807) is 0 Å². The summed E-state index contributed by atoms with van der Waals surface area (Å²) in [6, 6.07) is 6.50. The highest BCUT2D eigenvalue weighted by Crippen LogP contribution is 2.17. The molecule has 3 nitrogen and oxygen atoms in total. The molecule has 2 rings (SSSR count). The first kappa shape index (κ1) is 13.6. The molecule has 18 heavy (non-hydrogen) atoms. The summed E-state index contributed by atoms with van der Waals surface area (Å²) >= 11 is 0. The molecule has 1 aromatic rings. The molecule has 4 heteroatoms. The van der Waals surface area contributed by atoms with Gasteiger partial charge in [0.05, 0.1) is 11.5 Å². The number of rotatable bonds is 4. The van der Waals surface area contributed by atoms with Gasteiger partial charge in [0.25, 0.3) is 0 Å². The van der Waals surface area contributed by atoms with Crippen molar-refractivity contribution in [2.24, 2.45) is 5.92 Å². The minimum Gasteiger partial charge on any atom is -0.312 e. The topological polar surface area (TPSA) is 46.2 Å². The fraction of sp³-hybridized carbons (Fsp3) is 0.571. The van der Waals surface area contributed by atoms with E-state index in [1.807, 2.05) is 0 Å². The van der Waals surface area contributed by atoms with Crippen LogP contribution in [-0.4, -0.2) is 26.5 Å². The molecule has 1 atom stereocenters. The van der Waals surface area contributed by atoms with Crippen LogP contribution in [0.25, 0.3) is 0 Å². The van der Waals surface area contributed by atoms with Crippen LogP contribution in [0, 0.1) is 19.8 Å². The fourth-order valence-electron chi connectivity index (χ4n) is 2.62. The Morgan fingerprint density at radius 3 is 2.44 bits per heavy atom. The van der Waals surface area contributed by atoms with Gasteiger partial charge in [-0.15, -0.1) is 0 Å². The van der Waals surface area contributed by atoms with Gasteiger partial charge in [-0.05, 0) is 38.3 Å². The van der Waals surface area contributed by atoms with Crippen LogP contribution in [0.2, 0.25) is 0 Å². The minimum absolute atomic E-state index is 0.293. The first-order chi connectivity index (χ1) is 8.44. The molecule has 0 aliphatic carbocycles.